The van der Waals surface area contributed by atoms with Gasteiger partial charge >= 0.3 is 5.70 Å². The van der Waals surface area contributed by atoms with Crippen molar-refractivity contribution in [2.75, 3.05) is 0 Å². The quantitative estimate of drug-likeness (QED) is 0.311. The van der Waals surface area contributed by atoms with Gasteiger partial charge in [-0.2, -0.15) is 0 Å². The van der Waals surface area contributed by atoms with Gasteiger partial charge in [0.1, 0.15) is 0 Å². The van der Waals surface area contributed by atoms with Gasteiger partial charge < -0.3 is 0 Å². The molecule has 1 aliphatic carbocycles. The van der Waals surface area contributed by atoms with Crippen LogP contribution in [0.15, 0.2) is 29.5 Å². The lowest BCUT2D eigenvalue weighted by Gasteiger charge is -1.91. The summed E-state index contributed by atoms with van der Waals surface area (Å²) < 4.78 is 0. The fourth-order valence-corrected chi connectivity index (χ4v) is 0.726. The van der Waals surface area contributed by atoms with Crippen molar-refractivity contribution in [2.45, 2.75) is 6.42 Å². The Morgan fingerprint density at radius 1 is 1.70 bits per heavy atom. The summed E-state index contributed by atoms with van der Waals surface area (Å²) in [5.74, 6) is 0. The number of hydrogen-bond acceptors (Lipinski definition) is 2. The van der Waals surface area contributed by atoms with Gasteiger partial charge in [0.2, 0.25) is 0 Å². The molecular formula is C7H6NO2+. The number of hydrogen-bond donors (Lipinski definition) is 0. The highest BCUT2D eigenvalue weighted by Crippen LogP contribution is 2.13. The molecular weight excluding hydrogens is 130 g/mol. The Morgan fingerprint density at radius 3 is 2.80 bits per heavy atom. The van der Waals surface area contributed by atoms with Gasteiger partial charge in [0.25, 0.3) is 0 Å². The van der Waals surface area contributed by atoms with E-state index in [-0.39, 0.29) is 5.70 Å². The molecule has 3 heteroatoms. The van der Waals surface area contributed by atoms with Crippen LogP contribution in [-0.4, -0.2) is 4.92 Å². The van der Waals surface area contributed by atoms with Crippen LogP contribution in [0.4, 0.5) is 0 Å². The molecule has 10 heavy (non-hydrogen) atoms. The molecule has 0 N–H and O–H groups in total. The van der Waals surface area contributed by atoms with Gasteiger partial charge in [-0.25, -0.2) is 0 Å². The second kappa shape index (κ2) is 2.42. The predicted octanol–water partition coefficient (Wildman–Crippen LogP) is 1.47. The second-order valence-electron chi connectivity index (χ2n) is 2.01. The third kappa shape index (κ3) is 1.27. The van der Waals surface area contributed by atoms with Crippen LogP contribution in [0.5, 0.6) is 0 Å². The zero-order valence-electron chi connectivity index (χ0n) is 5.28. The van der Waals surface area contributed by atoms with E-state index in [0.29, 0.717) is 12.0 Å². The first-order chi connectivity index (χ1) is 4.70. The number of allylic oxidation sites excluding steroid dienone is 4. The minimum Gasteiger partial charge on any atom is -0.257 e. The number of nitro groups is 1. The molecule has 0 aromatic rings. The Morgan fingerprint density at radius 2 is 2.40 bits per heavy atom. The van der Waals surface area contributed by atoms with E-state index in [2.05, 4.69) is 0 Å². The van der Waals surface area contributed by atoms with Gasteiger partial charge in [-0.05, 0) is 0 Å². The first kappa shape index (κ1) is 6.65. The first-order valence-corrected chi connectivity index (χ1v) is 2.84. The Balaban J connectivity index is 2.86. The van der Waals surface area contributed by atoms with E-state index in [0.717, 1.165) is 0 Å². The van der Waals surface area contributed by atoms with Gasteiger partial charge in [-0.15, -0.1) is 0 Å². The van der Waals surface area contributed by atoms with Crippen molar-refractivity contribution in [3.05, 3.63) is 46.2 Å². The van der Waals surface area contributed by atoms with Crippen LogP contribution in [0.25, 0.3) is 0 Å². The highest BCUT2D eigenvalue weighted by Gasteiger charge is 2.16. The maximum atomic E-state index is 10.1. The Kier molecular flexibility index (Phi) is 1.61. The lowest BCUT2D eigenvalue weighted by molar-refractivity contribution is -0.419. The van der Waals surface area contributed by atoms with E-state index in [1.807, 2.05) is 0 Å². The molecule has 0 radical (unpaired) electrons. The molecule has 0 saturated carbocycles. The summed E-state index contributed by atoms with van der Waals surface area (Å²) in [6, 6.07) is 0. The van der Waals surface area contributed by atoms with E-state index in [1.165, 1.54) is 12.2 Å². The largest absolute Gasteiger partial charge is 0.347 e. The highest BCUT2D eigenvalue weighted by atomic mass is 16.6. The summed E-state index contributed by atoms with van der Waals surface area (Å²) in [6.45, 7) is 5.35. The average Bonchev–Trinajstić information content (AvgIpc) is 1.88. The molecule has 0 saturated heterocycles. The third-order valence-corrected chi connectivity index (χ3v) is 1.19. The molecule has 0 aromatic heterocycles. The molecule has 1 rings (SSSR count). The van der Waals surface area contributed by atoms with Crippen LogP contribution >= 0.6 is 0 Å². The molecule has 1 aliphatic rings. The Hall–Kier alpha value is -1.47. The highest BCUT2D eigenvalue weighted by molar-refractivity contribution is 5.29. The summed E-state index contributed by atoms with van der Waals surface area (Å²) in [6.07, 6.45) is 5.11. The fourth-order valence-electron chi connectivity index (χ4n) is 0.726. The van der Waals surface area contributed by atoms with Crippen LogP contribution in [-0.2, 0) is 0 Å². The first-order valence-electron chi connectivity index (χ1n) is 2.84. The summed E-state index contributed by atoms with van der Waals surface area (Å²) in [5, 5.41) is 10.1. The Bertz CT molecular complexity index is 236. The monoisotopic (exact) mass is 136 g/mol. The van der Waals surface area contributed by atoms with Crippen molar-refractivity contribution < 1.29 is 4.92 Å². The standard InChI is InChI=1S/C7H6NO2/c1-6-3-2-4-7(5-6)8(9)10/h1-2,4-5H,3H2/q+1. The van der Waals surface area contributed by atoms with Crippen molar-refractivity contribution in [2.24, 2.45) is 0 Å². The minimum absolute atomic E-state index is 0.0590. The SMILES string of the molecule is [CH+]=C1C=C([N+](=O)[O-])C=CC1. The van der Waals surface area contributed by atoms with E-state index in [9.17, 15) is 10.1 Å². The number of rotatable bonds is 1. The smallest absolute Gasteiger partial charge is 0.257 e. The molecule has 0 fully saturated rings. The van der Waals surface area contributed by atoms with E-state index >= 15 is 0 Å². The molecule has 3 nitrogen and oxygen atoms in total. The topological polar surface area (TPSA) is 43.1 Å². The van der Waals surface area contributed by atoms with Crippen molar-refractivity contribution in [1.82, 2.24) is 0 Å². The molecule has 0 unspecified atom stereocenters. The molecule has 0 heterocycles. The number of nitrogens with zero attached hydrogens (tertiary/aromatic N) is 1. The summed E-state index contributed by atoms with van der Waals surface area (Å²) in [5.41, 5.74) is 0.595. The minimum atomic E-state index is -0.456. The molecule has 0 amide bonds. The van der Waals surface area contributed by atoms with Crippen molar-refractivity contribution >= 4 is 0 Å². The maximum absolute atomic E-state index is 10.1. The normalized spacial score (nSPS) is 16.7. The van der Waals surface area contributed by atoms with Crippen LogP contribution < -0.4 is 0 Å². The molecule has 0 atom stereocenters. The molecule has 0 spiro atoms. The Labute approximate surface area is 58.5 Å². The maximum Gasteiger partial charge on any atom is 0.347 e. The lowest BCUT2D eigenvalue weighted by Crippen LogP contribution is -1.98. The van der Waals surface area contributed by atoms with Gasteiger partial charge in [-0.3, -0.25) is 10.1 Å². The lowest BCUT2D eigenvalue weighted by atomic mass is 10.1. The zero-order chi connectivity index (χ0) is 7.56. The predicted molar refractivity (Wildman–Crippen MR) is 36.6 cm³/mol. The van der Waals surface area contributed by atoms with Crippen LogP contribution in [0.2, 0.25) is 0 Å². The van der Waals surface area contributed by atoms with Crippen LogP contribution in [0.3, 0.4) is 0 Å². The average molecular weight is 136 g/mol. The van der Waals surface area contributed by atoms with Gasteiger partial charge in [-0.1, -0.05) is 6.08 Å². The van der Waals surface area contributed by atoms with E-state index in [1.54, 1.807) is 6.08 Å². The van der Waals surface area contributed by atoms with E-state index < -0.39 is 4.92 Å². The molecule has 0 bridgehead atoms. The van der Waals surface area contributed by atoms with Gasteiger partial charge in [0, 0.05) is 12.5 Å². The summed E-state index contributed by atoms with van der Waals surface area (Å²) >= 11 is 0. The molecule has 50 valence electrons. The van der Waals surface area contributed by atoms with E-state index in [4.69, 9.17) is 6.58 Å². The van der Waals surface area contributed by atoms with Gasteiger partial charge in [0.15, 0.2) is 11.6 Å². The van der Waals surface area contributed by atoms with Crippen molar-refractivity contribution in [1.29, 1.82) is 0 Å². The van der Waals surface area contributed by atoms with Crippen molar-refractivity contribution in [3.63, 3.8) is 0 Å². The summed E-state index contributed by atoms with van der Waals surface area (Å²) in [7, 11) is 0. The third-order valence-electron chi connectivity index (χ3n) is 1.19. The molecule has 0 aromatic carbocycles. The fraction of sp³-hybridized carbons (Fsp3) is 0.143. The zero-order valence-corrected chi connectivity index (χ0v) is 5.28. The molecule has 0 aliphatic heterocycles. The van der Waals surface area contributed by atoms with Crippen molar-refractivity contribution in [3.8, 4) is 0 Å². The second-order valence-corrected chi connectivity index (χ2v) is 2.01. The van der Waals surface area contributed by atoms with Crippen LogP contribution in [0, 0.1) is 16.7 Å². The van der Waals surface area contributed by atoms with Gasteiger partial charge in [0.05, 0.1) is 11.5 Å². The van der Waals surface area contributed by atoms with Crippen LogP contribution in [0.1, 0.15) is 6.42 Å². The summed E-state index contributed by atoms with van der Waals surface area (Å²) in [4.78, 5) is 9.66.